The lowest BCUT2D eigenvalue weighted by Gasteiger charge is -2.20. The second kappa shape index (κ2) is 6.37. The predicted molar refractivity (Wildman–Crippen MR) is 87.5 cm³/mol. The fraction of sp³-hybridized carbons (Fsp3) is 0.188. The Labute approximate surface area is 134 Å². The Kier molecular flexibility index (Phi) is 4.70. The Hall–Kier alpha value is -2.41. The molecular formula is C16H17FN2O3S. The van der Waals surface area contributed by atoms with Gasteiger partial charge in [-0.25, -0.2) is 12.8 Å². The molecule has 23 heavy (non-hydrogen) atoms. The highest BCUT2D eigenvalue weighted by atomic mass is 32.2. The van der Waals surface area contributed by atoms with Crippen LogP contribution in [0.5, 0.6) is 0 Å². The molecule has 0 fully saturated rings. The molecule has 2 aromatic rings. The summed E-state index contributed by atoms with van der Waals surface area (Å²) in [7, 11) is -2.40. The highest BCUT2D eigenvalue weighted by Crippen LogP contribution is 2.28. The SMILES string of the molecule is CC(=O)N(C)c1ccc(F)cc1NS(=O)(=O)c1cccc(C)c1. The van der Waals surface area contributed by atoms with Gasteiger partial charge in [-0.3, -0.25) is 9.52 Å². The van der Waals surface area contributed by atoms with Crippen LogP contribution in [0.4, 0.5) is 15.8 Å². The van der Waals surface area contributed by atoms with Gasteiger partial charge in [0.1, 0.15) is 5.82 Å². The van der Waals surface area contributed by atoms with E-state index < -0.39 is 15.8 Å². The second-order valence-corrected chi connectivity index (χ2v) is 6.84. The fourth-order valence-electron chi connectivity index (χ4n) is 2.04. The molecule has 0 bridgehead atoms. The number of anilines is 2. The third-order valence-corrected chi connectivity index (χ3v) is 4.70. The molecule has 5 nitrogen and oxygen atoms in total. The van der Waals surface area contributed by atoms with E-state index in [0.717, 1.165) is 11.6 Å². The lowest BCUT2D eigenvalue weighted by Crippen LogP contribution is -2.25. The van der Waals surface area contributed by atoms with E-state index in [9.17, 15) is 17.6 Å². The lowest BCUT2D eigenvalue weighted by atomic mass is 10.2. The van der Waals surface area contributed by atoms with Crippen molar-refractivity contribution in [2.75, 3.05) is 16.7 Å². The topological polar surface area (TPSA) is 66.5 Å². The van der Waals surface area contributed by atoms with Crippen molar-refractivity contribution >= 4 is 27.3 Å². The molecule has 0 saturated heterocycles. The number of nitrogens with zero attached hydrogens (tertiary/aromatic N) is 1. The molecule has 122 valence electrons. The first kappa shape index (κ1) is 17.0. The van der Waals surface area contributed by atoms with E-state index in [2.05, 4.69) is 4.72 Å². The smallest absolute Gasteiger partial charge is 0.261 e. The molecule has 7 heteroatoms. The predicted octanol–water partition coefficient (Wildman–Crippen LogP) is 2.92. The summed E-state index contributed by atoms with van der Waals surface area (Å²) in [5.41, 5.74) is 1.06. The van der Waals surface area contributed by atoms with Gasteiger partial charge in [-0.05, 0) is 36.8 Å². The van der Waals surface area contributed by atoms with Gasteiger partial charge in [-0.15, -0.1) is 0 Å². The number of carbonyl (C=O) groups excluding carboxylic acids is 1. The van der Waals surface area contributed by atoms with E-state index in [0.29, 0.717) is 0 Å². The highest BCUT2D eigenvalue weighted by molar-refractivity contribution is 7.92. The first-order valence-corrected chi connectivity index (χ1v) is 8.32. The Morgan fingerprint density at radius 3 is 2.48 bits per heavy atom. The van der Waals surface area contributed by atoms with Crippen LogP contribution in [-0.4, -0.2) is 21.4 Å². The number of benzene rings is 2. The lowest BCUT2D eigenvalue weighted by molar-refractivity contribution is -0.116. The van der Waals surface area contributed by atoms with Crippen molar-refractivity contribution in [2.45, 2.75) is 18.7 Å². The molecule has 2 aromatic carbocycles. The zero-order valence-electron chi connectivity index (χ0n) is 13.0. The molecule has 0 aliphatic heterocycles. The van der Waals surface area contributed by atoms with Gasteiger partial charge in [-0.1, -0.05) is 12.1 Å². The standard InChI is InChI=1S/C16H17FN2O3S/c1-11-5-4-6-14(9-11)23(21,22)18-15-10-13(17)7-8-16(15)19(3)12(2)20/h4-10,18H,1-3H3. The van der Waals surface area contributed by atoms with E-state index in [1.165, 1.54) is 43.1 Å². The van der Waals surface area contributed by atoms with Gasteiger partial charge in [0, 0.05) is 20.0 Å². The van der Waals surface area contributed by atoms with Crippen molar-refractivity contribution in [2.24, 2.45) is 0 Å². The number of amides is 1. The van der Waals surface area contributed by atoms with Crippen LogP contribution in [0.2, 0.25) is 0 Å². The number of rotatable bonds is 4. The molecular weight excluding hydrogens is 319 g/mol. The van der Waals surface area contributed by atoms with Gasteiger partial charge < -0.3 is 4.90 Å². The van der Waals surface area contributed by atoms with Crippen LogP contribution in [0, 0.1) is 12.7 Å². The third-order valence-electron chi connectivity index (χ3n) is 3.34. The third kappa shape index (κ3) is 3.87. The summed E-state index contributed by atoms with van der Waals surface area (Å²) >= 11 is 0. The summed E-state index contributed by atoms with van der Waals surface area (Å²) in [6.45, 7) is 3.11. The summed E-state index contributed by atoms with van der Waals surface area (Å²) in [6.07, 6.45) is 0. The summed E-state index contributed by atoms with van der Waals surface area (Å²) in [5.74, 6) is -0.903. The maximum absolute atomic E-state index is 13.5. The van der Waals surface area contributed by atoms with Crippen molar-refractivity contribution in [1.29, 1.82) is 0 Å². The number of nitrogens with one attached hydrogen (secondary N) is 1. The quantitative estimate of drug-likeness (QED) is 0.933. The second-order valence-electron chi connectivity index (χ2n) is 5.16. The number of aryl methyl sites for hydroxylation is 1. The molecule has 0 aliphatic rings. The van der Waals surface area contributed by atoms with Crippen LogP contribution in [0.15, 0.2) is 47.4 Å². The van der Waals surface area contributed by atoms with Crippen LogP contribution >= 0.6 is 0 Å². The first-order valence-electron chi connectivity index (χ1n) is 6.84. The minimum Gasteiger partial charge on any atom is -0.314 e. The summed E-state index contributed by atoms with van der Waals surface area (Å²) in [4.78, 5) is 12.8. The van der Waals surface area contributed by atoms with E-state index in [4.69, 9.17) is 0 Å². The molecule has 0 unspecified atom stereocenters. The van der Waals surface area contributed by atoms with Crippen LogP contribution in [0.3, 0.4) is 0 Å². The van der Waals surface area contributed by atoms with Crippen LogP contribution in [0.25, 0.3) is 0 Å². The summed E-state index contributed by atoms with van der Waals surface area (Å²) < 4.78 is 40.8. The molecule has 0 heterocycles. The zero-order chi connectivity index (χ0) is 17.2. The van der Waals surface area contributed by atoms with Gasteiger partial charge in [-0.2, -0.15) is 0 Å². The molecule has 0 aromatic heterocycles. The highest BCUT2D eigenvalue weighted by Gasteiger charge is 2.19. The Balaban J connectivity index is 2.47. The minimum atomic E-state index is -3.89. The number of hydrogen-bond donors (Lipinski definition) is 1. The van der Waals surface area contributed by atoms with Crippen molar-refractivity contribution in [3.63, 3.8) is 0 Å². The van der Waals surface area contributed by atoms with Gasteiger partial charge in [0.05, 0.1) is 16.3 Å². The molecule has 1 amide bonds. The van der Waals surface area contributed by atoms with Gasteiger partial charge in [0.15, 0.2) is 0 Å². The van der Waals surface area contributed by atoms with Crippen LogP contribution in [0.1, 0.15) is 12.5 Å². The monoisotopic (exact) mass is 336 g/mol. The average Bonchev–Trinajstić information content (AvgIpc) is 2.46. The van der Waals surface area contributed by atoms with Gasteiger partial charge in [0.25, 0.3) is 10.0 Å². The Bertz CT molecular complexity index is 850. The molecule has 2 rings (SSSR count). The Morgan fingerprint density at radius 1 is 1.17 bits per heavy atom. The van der Waals surface area contributed by atoms with Crippen molar-refractivity contribution in [3.05, 3.63) is 53.8 Å². The van der Waals surface area contributed by atoms with Gasteiger partial charge in [0.2, 0.25) is 5.91 Å². The van der Waals surface area contributed by atoms with E-state index in [-0.39, 0.29) is 22.2 Å². The molecule has 0 saturated carbocycles. The molecule has 0 atom stereocenters. The number of carbonyl (C=O) groups is 1. The normalized spacial score (nSPS) is 11.1. The maximum Gasteiger partial charge on any atom is 0.261 e. The maximum atomic E-state index is 13.5. The largest absolute Gasteiger partial charge is 0.314 e. The van der Waals surface area contributed by atoms with E-state index >= 15 is 0 Å². The number of hydrogen-bond acceptors (Lipinski definition) is 3. The van der Waals surface area contributed by atoms with E-state index in [1.54, 1.807) is 19.1 Å². The molecule has 0 spiro atoms. The Morgan fingerprint density at radius 2 is 1.87 bits per heavy atom. The molecule has 0 radical (unpaired) electrons. The van der Waals surface area contributed by atoms with Crippen molar-refractivity contribution in [1.82, 2.24) is 0 Å². The average molecular weight is 336 g/mol. The number of halogens is 1. The summed E-state index contributed by atoms with van der Waals surface area (Å²) in [5, 5.41) is 0. The van der Waals surface area contributed by atoms with E-state index in [1.807, 2.05) is 0 Å². The first-order chi connectivity index (χ1) is 10.7. The van der Waals surface area contributed by atoms with Crippen molar-refractivity contribution in [3.8, 4) is 0 Å². The summed E-state index contributed by atoms with van der Waals surface area (Å²) in [6, 6.07) is 9.92. The van der Waals surface area contributed by atoms with Crippen LogP contribution in [-0.2, 0) is 14.8 Å². The molecule has 1 N–H and O–H groups in total. The van der Waals surface area contributed by atoms with Gasteiger partial charge >= 0.3 is 0 Å². The number of sulfonamides is 1. The minimum absolute atomic E-state index is 0.00389. The van der Waals surface area contributed by atoms with Crippen molar-refractivity contribution < 1.29 is 17.6 Å². The van der Waals surface area contributed by atoms with Crippen LogP contribution < -0.4 is 9.62 Å². The molecule has 0 aliphatic carbocycles. The zero-order valence-corrected chi connectivity index (χ0v) is 13.8. The fourth-order valence-corrected chi connectivity index (χ4v) is 3.21.